The van der Waals surface area contributed by atoms with E-state index in [4.69, 9.17) is 11.6 Å². The van der Waals surface area contributed by atoms with Gasteiger partial charge in [-0.2, -0.15) is 0 Å². The molecule has 7 heteroatoms. The van der Waals surface area contributed by atoms with Gasteiger partial charge in [-0.15, -0.1) is 11.6 Å². The summed E-state index contributed by atoms with van der Waals surface area (Å²) in [5, 5.41) is 2.78. The molecule has 0 aliphatic carbocycles. The number of nitrogens with one attached hydrogen (secondary N) is 1. The number of amides is 1. The van der Waals surface area contributed by atoms with Crippen LogP contribution in [0.3, 0.4) is 0 Å². The first-order valence-electron chi connectivity index (χ1n) is 6.69. The summed E-state index contributed by atoms with van der Waals surface area (Å²) in [6.45, 7) is 4.19. The number of aromatic nitrogens is 2. The fourth-order valence-corrected chi connectivity index (χ4v) is 2.89. The van der Waals surface area contributed by atoms with Crippen molar-refractivity contribution in [3.63, 3.8) is 0 Å². The molecule has 0 saturated heterocycles. The number of halogens is 3. The van der Waals surface area contributed by atoms with Crippen LogP contribution in [0.5, 0.6) is 0 Å². The zero-order valence-corrected chi connectivity index (χ0v) is 14.7. The van der Waals surface area contributed by atoms with Crippen LogP contribution >= 0.6 is 34.2 Å². The number of fused-ring (bicyclic) bond motifs is 1. The molecule has 0 fully saturated rings. The number of likely N-dealkylation sites (N-methyl/N-ethyl adjacent to an activating group) is 1. The smallest absolute Gasteiger partial charge is 0.242 e. The van der Waals surface area contributed by atoms with Gasteiger partial charge in [0.2, 0.25) is 5.91 Å². The summed E-state index contributed by atoms with van der Waals surface area (Å²) in [6, 6.07) is 2.65. The Morgan fingerprint density at radius 2 is 2.29 bits per heavy atom. The van der Waals surface area contributed by atoms with Crippen LogP contribution in [0, 0.1) is 9.39 Å². The SMILES string of the molecule is CCNC(=O)C(C)n1c(CCCl)nc2cc(I)c(F)cc21. The molecule has 0 aliphatic heterocycles. The number of hydrogen-bond acceptors (Lipinski definition) is 2. The maximum absolute atomic E-state index is 13.9. The van der Waals surface area contributed by atoms with Crippen LogP contribution in [0.15, 0.2) is 12.1 Å². The van der Waals surface area contributed by atoms with Gasteiger partial charge in [-0.3, -0.25) is 4.79 Å². The van der Waals surface area contributed by atoms with E-state index in [0.717, 1.165) is 0 Å². The molecule has 114 valence electrons. The van der Waals surface area contributed by atoms with Crippen molar-refractivity contribution in [2.75, 3.05) is 12.4 Å². The second-order valence-corrected chi connectivity index (χ2v) is 6.20. The molecule has 2 rings (SSSR count). The van der Waals surface area contributed by atoms with Crippen molar-refractivity contribution in [2.24, 2.45) is 0 Å². The molecule has 1 atom stereocenters. The van der Waals surface area contributed by atoms with Gasteiger partial charge in [0.05, 0.1) is 14.6 Å². The fraction of sp³-hybridized carbons (Fsp3) is 0.429. The standard InChI is InChI=1S/C14H16ClFIN3O/c1-3-18-14(21)8(2)20-12-6-9(16)10(17)7-11(12)19-13(20)4-5-15/h6-8H,3-5H2,1-2H3,(H,18,21). The van der Waals surface area contributed by atoms with Crippen LogP contribution in [0.4, 0.5) is 4.39 Å². The Kier molecular flexibility index (Phi) is 5.43. The monoisotopic (exact) mass is 423 g/mol. The lowest BCUT2D eigenvalue weighted by Gasteiger charge is -2.16. The molecule has 0 aliphatic rings. The molecule has 0 spiro atoms. The minimum Gasteiger partial charge on any atom is -0.355 e. The lowest BCUT2D eigenvalue weighted by Crippen LogP contribution is -2.31. The Balaban J connectivity index is 2.60. The summed E-state index contributed by atoms with van der Waals surface area (Å²) in [5.41, 5.74) is 1.30. The van der Waals surface area contributed by atoms with Crippen LogP contribution in [0.1, 0.15) is 25.7 Å². The minimum absolute atomic E-state index is 0.119. The molecule has 0 radical (unpaired) electrons. The Morgan fingerprint density at radius 3 is 2.90 bits per heavy atom. The first-order valence-corrected chi connectivity index (χ1v) is 8.30. The van der Waals surface area contributed by atoms with E-state index in [1.807, 2.05) is 29.5 Å². The molecular formula is C14H16ClFIN3O. The van der Waals surface area contributed by atoms with E-state index >= 15 is 0 Å². The summed E-state index contributed by atoms with van der Waals surface area (Å²) in [7, 11) is 0. The summed E-state index contributed by atoms with van der Waals surface area (Å²) in [5.74, 6) is 0.655. The molecule has 1 heterocycles. The predicted molar refractivity (Wildman–Crippen MR) is 90.2 cm³/mol. The molecule has 2 aromatic rings. The van der Waals surface area contributed by atoms with Crippen molar-refractivity contribution in [1.82, 2.24) is 14.9 Å². The molecule has 0 saturated carbocycles. The number of imidazole rings is 1. The highest BCUT2D eigenvalue weighted by atomic mass is 127. The van der Waals surface area contributed by atoms with Crippen molar-refractivity contribution in [3.05, 3.63) is 27.3 Å². The van der Waals surface area contributed by atoms with Gasteiger partial charge < -0.3 is 9.88 Å². The lowest BCUT2D eigenvalue weighted by molar-refractivity contribution is -0.123. The predicted octanol–water partition coefficient (Wildman–Crippen LogP) is 3.26. The largest absolute Gasteiger partial charge is 0.355 e. The molecule has 4 nitrogen and oxygen atoms in total. The van der Waals surface area contributed by atoms with Crippen LogP contribution in [0.2, 0.25) is 0 Å². The zero-order chi connectivity index (χ0) is 15.6. The van der Waals surface area contributed by atoms with Gasteiger partial charge in [0.1, 0.15) is 17.7 Å². The minimum atomic E-state index is -0.465. The van der Waals surface area contributed by atoms with Gasteiger partial charge in [0.15, 0.2) is 0 Å². The van der Waals surface area contributed by atoms with Gasteiger partial charge in [-0.25, -0.2) is 9.37 Å². The van der Waals surface area contributed by atoms with Crippen LogP contribution in [-0.2, 0) is 11.2 Å². The van der Waals surface area contributed by atoms with Gasteiger partial charge in [-0.05, 0) is 42.5 Å². The first kappa shape index (κ1) is 16.5. The Morgan fingerprint density at radius 1 is 1.57 bits per heavy atom. The highest BCUT2D eigenvalue weighted by molar-refractivity contribution is 14.1. The Labute approximate surface area is 141 Å². The molecule has 1 N–H and O–H groups in total. The average Bonchev–Trinajstić information content (AvgIpc) is 2.76. The topological polar surface area (TPSA) is 46.9 Å². The third-order valence-corrected chi connectivity index (χ3v) is 4.26. The van der Waals surface area contributed by atoms with Gasteiger partial charge in [-0.1, -0.05) is 0 Å². The summed E-state index contributed by atoms with van der Waals surface area (Å²) in [4.78, 5) is 16.6. The van der Waals surface area contributed by atoms with E-state index in [9.17, 15) is 9.18 Å². The molecule has 21 heavy (non-hydrogen) atoms. The number of rotatable bonds is 5. The van der Waals surface area contributed by atoms with Crippen LogP contribution < -0.4 is 5.32 Å². The Hall–Kier alpha value is -0.890. The van der Waals surface area contributed by atoms with E-state index < -0.39 is 6.04 Å². The number of aryl methyl sites for hydroxylation is 1. The van der Waals surface area contributed by atoms with E-state index in [1.165, 1.54) is 6.07 Å². The average molecular weight is 424 g/mol. The van der Waals surface area contributed by atoms with E-state index in [0.29, 0.717) is 39.3 Å². The number of nitrogens with zero attached hydrogens (tertiary/aromatic N) is 2. The molecular weight excluding hydrogens is 408 g/mol. The molecule has 1 aromatic heterocycles. The first-order chi connectivity index (χ1) is 9.99. The lowest BCUT2D eigenvalue weighted by atomic mass is 10.2. The highest BCUT2D eigenvalue weighted by Crippen LogP contribution is 2.25. The quantitative estimate of drug-likeness (QED) is 0.593. The normalized spacial score (nSPS) is 12.6. The molecule has 1 unspecified atom stereocenters. The van der Waals surface area contributed by atoms with Crippen molar-refractivity contribution in [2.45, 2.75) is 26.3 Å². The number of carbonyl (C=O) groups is 1. The second-order valence-electron chi connectivity index (χ2n) is 4.66. The number of hydrogen-bond donors (Lipinski definition) is 1. The summed E-state index contributed by atoms with van der Waals surface area (Å²) < 4.78 is 16.1. The molecule has 0 bridgehead atoms. The summed E-state index contributed by atoms with van der Waals surface area (Å²) >= 11 is 7.74. The van der Waals surface area contributed by atoms with Crippen molar-refractivity contribution in [3.8, 4) is 0 Å². The third kappa shape index (κ3) is 3.31. The van der Waals surface area contributed by atoms with Gasteiger partial charge in [0, 0.05) is 24.9 Å². The van der Waals surface area contributed by atoms with Crippen molar-refractivity contribution in [1.29, 1.82) is 0 Å². The molecule has 1 amide bonds. The van der Waals surface area contributed by atoms with E-state index in [2.05, 4.69) is 10.3 Å². The van der Waals surface area contributed by atoms with Gasteiger partial charge >= 0.3 is 0 Å². The van der Waals surface area contributed by atoms with Crippen molar-refractivity contribution >= 4 is 51.1 Å². The van der Waals surface area contributed by atoms with E-state index in [1.54, 1.807) is 17.6 Å². The van der Waals surface area contributed by atoms with Crippen LogP contribution in [0.25, 0.3) is 11.0 Å². The number of alkyl halides is 1. The summed E-state index contributed by atoms with van der Waals surface area (Å²) in [6.07, 6.45) is 0.526. The third-order valence-electron chi connectivity index (χ3n) is 3.24. The Bertz CT molecular complexity index is 674. The second kappa shape index (κ2) is 6.91. The van der Waals surface area contributed by atoms with Gasteiger partial charge in [0.25, 0.3) is 0 Å². The van der Waals surface area contributed by atoms with Crippen molar-refractivity contribution < 1.29 is 9.18 Å². The van der Waals surface area contributed by atoms with E-state index in [-0.39, 0.29) is 11.7 Å². The zero-order valence-electron chi connectivity index (χ0n) is 11.8. The maximum Gasteiger partial charge on any atom is 0.242 e. The molecule has 1 aromatic carbocycles. The fourth-order valence-electron chi connectivity index (χ4n) is 2.27. The number of carbonyl (C=O) groups excluding carboxylic acids is 1. The van der Waals surface area contributed by atoms with Crippen LogP contribution in [-0.4, -0.2) is 27.9 Å². The highest BCUT2D eigenvalue weighted by Gasteiger charge is 2.21. The number of benzene rings is 1. The maximum atomic E-state index is 13.9.